The predicted octanol–water partition coefficient (Wildman–Crippen LogP) is 2.75. The zero-order chi connectivity index (χ0) is 10.8. The molecule has 0 aliphatic carbocycles. The van der Waals surface area contributed by atoms with Gasteiger partial charge in [-0.3, -0.25) is 4.68 Å². The van der Waals surface area contributed by atoms with Gasteiger partial charge in [0.05, 0.1) is 24.0 Å². The lowest BCUT2D eigenvalue weighted by Gasteiger charge is -2.08. The molecule has 0 aliphatic heterocycles. The van der Waals surface area contributed by atoms with E-state index in [9.17, 15) is 0 Å². The Morgan fingerprint density at radius 3 is 2.67 bits per heavy atom. The molecule has 0 radical (unpaired) electrons. The lowest BCUT2D eigenvalue weighted by Crippen LogP contribution is -1.95. The molecular weight excluding hydrogens is 212 g/mol. The molecule has 0 saturated carbocycles. The highest BCUT2D eigenvalue weighted by molar-refractivity contribution is 6.33. The maximum atomic E-state index is 6.07. The van der Waals surface area contributed by atoms with Crippen LogP contribution in [0, 0.1) is 0 Å². The second-order valence-corrected chi connectivity index (χ2v) is 3.57. The highest BCUT2D eigenvalue weighted by Gasteiger charge is 2.12. The molecule has 0 atom stereocenters. The molecule has 0 unspecified atom stereocenters. The number of para-hydroxylation sites is 1. The average molecular weight is 223 g/mol. The fourth-order valence-electron chi connectivity index (χ4n) is 1.55. The van der Waals surface area contributed by atoms with Crippen LogP contribution in [0.25, 0.3) is 11.3 Å². The van der Waals surface area contributed by atoms with Crippen molar-refractivity contribution in [1.82, 2.24) is 9.78 Å². The Labute approximate surface area is 93.2 Å². The maximum absolute atomic E-state index is 6.07. The van der Waals surface area contributed by atoms with E-state index in [0.717, 1.165) is 17.0 Å². The summed E-state index contributed by atoms with van der Waals surface area (Å²) in [6.07, 6.45) is 1.63. The molecular formula is C11H11ClN2O. The molecule has 0 saturated heterocycles. The van der Waals surface area contributed by atoms with E-state index in [1.54, 1.807) is 18.0 Å². The first-order valence-corrected chi connectivity index (χ1v) is 4.92. The van der Waals surface area contributed by atoms with Gasteiger partial charge in [0.2, 0.25) is 0 Å². The van der Waals surface area contributed by atoms with E-state index in [1.165, 1.54) is 0 Å². The van der Waals surface area contributed by atoms with Crippen molar-refractivity contribution in [2.75, 3.05) is 7.11 Å². The topological polar surface area (TPSA) is 27.1 Å². The number of rotatable bonds is 2. The highest BCUT2D eigenvalue weighted by Crippen LogP contribution is 2.33. The van der Waals surface area contributed by atoms with E-state index in [2.05, 4.69) is 5.10 Å². The predicted molar refractivity (Wildman–Crippen MR) is 60.2 cm³/mol. The van der Waals surface area contributed by atoms with Gasteiger partial charge < -0.3 is 4.74 Å². The molecule has 0 aliphatic rings. The van der Waals surface area contributed by atoms with E-state index in [4.69, 9.17) is 16.3 Å². The number of methoxy groups -OCH3 is 1. The van der Waals surface area contributed by atoms with Crippen LogP contribution >= 0.6 is 11.6 Å². The Morgan fingerprint density at radius 2 is 2.07 bits per heavy atom. The van der Waals surface area contributed by atoms with E-state index in [1.807, 2.05) is 31.3 Å². The minimum Gasteiger partial charge on any atom is -0.496 e. The van der Waals surface area contributed by atoms with Crippen LogP contribution in [0.15, 0.2) is 30.5 Å². The van der Waals surface area contributed by atoms with Crippen molar-refractivity contribution < 1.29 is 4.74 Å². The minimum absolute atomic E-state index is 0.627. The highest BCUT2D eigenvalue weighted by atomic mass is 35.5. The Balaban J connectivity index is 2.63. The van der Waals surface area contributed by atoms with Crippen molar-refractivity contribution in [2.45, 2.75) is 0 Å². The summed E-state index contributed by atoms with van der Waals surface area (Å²) in [6.45, 7) is 0. The third kappa shape index (κ3) is 1.70. The van der Waals surface area contributed by atoms with Gasteiger partial charge in [0.15, 0.2) is 0 Å². The summed E-state index contributed by atoms with van der Waals surface area (Å²) in [6, 6.07) is 7.73. The van der Waals surface area contributed by atoms with Gasteiger partial charge in [-0.15, -0.1) is 0 Å². The van der Waals surface area contributed by atoms with Crippen LogP contribution in [0.2, 0.25) is 5.02 Å². The Kier molecular flexibility index (Phi) is 2.64. The second-order valence-electron chi connectivity index (χ2n) is 3.17. The number of aryl methyl sites for hydroxylation is 1. The van der Waals surface area contributed by atoms with Crippen LogP contribution in [0.1, 0.15) is 0 Å². The molecule has 3 nitrogen and oxygen atoms in total. The first-order chi connectivity index (χ1) is 7.24. The summed E-state index contributed by atoms with van der Waals surface area (Å²) in [5.41, 5.74) is 1.82. The van der Waals surface area contributed by atoms with Gasteiger partial charge in [-0.25, -0.2) is 0 Å². The zero-order valence-corrected chi connectivity index (χ0v) is 9.32. The molecule has 0 N–H and O–H groups in total. The fourth-order valence-corrected chi connectivity index (χ4v) is 1.82. The van der Waals surface area contributed by atoms with Crippen LogP contribution in [0.4, 0.5) is 0 Å². The quantitative estimate of drug-likeness (QED) is 0.781. The molecule has 2 rings (SSSR count). The van der Waals surface area contributed by atoms with Gasteiger partial charge >= 0.3 is 0 Å². The van der Waals surface area contributed by atoms with Gasteiger partial charge in [-0.1, -0.05) is 23.7 Å². The van der Waals surface area contributed by atoms with Crippen molar-refractivity contribution in [3.05, 3.63) is 35.5 Å². The molecule has 0 bridgehead atoms. The van der Waals surface area contributed by atoms with Crippen molar-refractivity contribution in [1.29, 1.82) is 0 Å². The van der Waals surface area contributed by atoms with E-state index >= 15 is 0 Å². The van der Waals surface area contributed by atoms with Crippen LogP contribution in [0.3, 0.4) is 0 Å². The summed E-state index contributed by atoms with van der Waals surface area (Å²) in [5, 5.41) is 4.72. The van der Waals surface area contributed by atoms with Crippen molar-refractivity contribution >= 4 is 11.6 Å². The first-order valence-electron chi connectivity index (χ1n) is 4.55. The number of aromatic nitrogens is 2. The van der Waals surface area contributed by atoms with Gasteiger partial charge in [0.25, 0.3) is 0 Å². The second kappa shape index (κ2) is 3.95. The molecule has 78 valence electrons. The number of benzene rings is 1. The molecule has 1 heterocycles. The van der Waals surface area contributed by atoms with Crippen LogP contribution in [0.5, 0.6) is 5.75 Å². The van der Waals surface area contributed by atoms with Gasteiger partial charge in [-0.2, -0.15) is 5.10 Å². The van der Waals surface area contributed by atoms with E-state index in [0.29, 0.717) is 5.02 Å². The van der Waals surface area contributed by atoms with E-state index < -0.39 is 0 Å². The summed E-state index contributed by atoms with van der Waals surface area (Å²) in [4.78, 5) is 0. The minimum atomic E-state index is 0.627. The lowest BCUT2D eigenvalue weighted by atomic mass is 10.1. The van der Waals surface area contributed by atoms with Crippen LogP contribution in [-0.4, -0.2) is 16.9 Å². The number of hydrogen-bond acceptors (Lipinski definition) is 2. The Hall–Kier alpha value is -1.48. The molecule has 1 aromatic heterocycles. The van der Waals surface area contributed by atoms with Crippen molar-refractivity contribution in [3.8, 4) is 17.0 Å². The smallest absolute Gasteiger partial charge is 0.128 e. The van der Waals surface area contributed by atoms with Gasteiger partial charge in [0.1, 0.15) is 5.75 Å². The Morgan fingerprint density at radius 1 is 1.33 bits per heavy atom. The Bertz CT molecular complexity index is 460. The molecule has 15 heavy (non-hydrogen) atoms. The molecule has 0 spiro atoms. The maximum Gasteiger partial charge on any atom is 0.128 e. The average Bonchev–Trinajstić information content (AvgIpc) is 2.59. The normalized spacial score (nSPS) is 10.3. The summed E-state index contributed by atoms with van der Waals surface area (Å²) in [7, 11) is 3.50. The number of hydrogen-bond donors (Lipinski definition) is 0. The number of nitrogens with zero attached hydrogens (tertiary/aromatic N) is 2. The zero-order valence-electron chi connectivity index (χ0n) is 8.57. The van der Waals surface area contributed by atoms with Crippen LogP contribution in [-0.2, 0) is 7.05 Å². The SMILES string of the molecule is COc1ccccc1-c1c(Cl)cnn1C. The van der Waals surface area contributed by atoms with Crippen LogP contribution < -0.4 is 4.74 Å². The summed E-state index contributed by atoms with van der Waals surface area (Å²) >= 11 is 6.07. The molecule has 0 amide bonds. The number of halogens is 1. The third-order valence-corrected chi connectivity index (χ3v) is 2.53. The van der Waals surface area contributed by atoms with Gasteiger partial charge in [-0.05, 0) is 12.1 Å². The van der Waals surface area contributed by atoms with Crippen molar-refractivity contribution in [2.24, 2.45) is 7.05 Å². The summed E-state index contributed by atoms with van der Waals surface area (Å²) < 4.78 is 7.02. The first kappa shape index (κ1) is 10.1. The number of ether oxygens (including phenoxy) is 1. The lowest BCUT2D eigenvalue weighted by molar-refractivity contribution is 0.416. The fraction of sp³-hybridized carbons (Fsp3) is 0.182. The van der Waals surface area contributed by atoms with Gasteiger partial charge in [0, 0.05) is 12.6 Å². The molecule has 1 aromatic carbocycles. The van der Waals surface area contributed by atoms with E-state index in [-0.39, 0.29) is 0 Å². The monoisotopic (exact) mass is 222 g/mol. The summed E-state index contributed by atoms with van der Waals surface area (Å²) in [5.74, 6) is 0.794. The standard InChI is InChI=1S/C11H11ClN2O/c1-14-11(9(12)7-13-14)8-5-3-4-6-10(8)15-2/h3-7H,1-2H3. The molecule has 0 fully saturated rings. The molecule has 2 aromatic rings. The van der Waals surface area contributed by atoms with Crippen molar-refractivity contribution in [3.63, 3.8) is 0 Å². The largest absolute Gasteiger partial charge is 0.496 e. The molecule has 4 heteroatoms. The third-order valence-electron chi connectivity index (χ3n) is 2.26.